The van der Waals surface area contributed by atoms with Crippen molar-refractivity contribution >= 4 is 28.7 Å². The first-order valence-corrected chi connectivity index (χ1v) is 7.56. The number of carbonyl (C=O) groups excluding carboxylic acids is 1. The lowest BCUT2D eigenvalue weighted by Crippen LogP contribution is -2.27. The van der Waals surface area contributed by atoms with E-state index < -0.39 is 11.7 Å². The first kappa shape index (κ1) is 15.5. The van der Waals surface area contributed by atoms with Crippen molar-refractivity contribution in [2.45, 2.75) is 26.4 Å². The highest BCUT2D eigenvalue weighted by Gasteiger charge is 2.23. The van der Waals surface area contributed by atoms with Crippen molar-refractivity contribution in [1.82, 2.24) is 14.5 Å². The van der Waals surface area contributed by atoms with Crippen molar-refractivity contribution in [3.8, 4) is 11.4 Å². The predicted octanol–water partition coefficient (Wildman–Crippen LogP) is 4.53. The fourth-order valence-electron chi connectivity index (χ4n) is 2.27. The largest absolute Gasteiger partial charge is 0.443 e. The van der Waals surface area contributed by atoms with Gasteiger partial charge in [-0.05, 0) is 51.1 Å². The number of hydrogen-bond acceptors (Lipinski definition) is 4. The third kappa shape index (κ3) is 3.19. The van der Waals surface area contributed by atoms with Crippen molar-refractivity contribution in [1.29, 1.82) is 0 Å². The third-order valence-corrected chi connectivity index (χ3v) is 3.33. The van der Waals surface area contributed by atoms with Crippen molar-refractivity contribution in [2.24, 2.45) is 0 Å². The summed E-state index contributed by atoms with van der Waals surface area (Å²) in [5, 5.41) is 1.19. The summed E-state index contributed by atoms with van der Waals surface area (Å²) in [4.78, 5) is 21.2. The number of nitrogens with zero attached hydrogens (tertiary/aromatic N) is 3. The Bertz CT molecular complexity index is 881. The minimum Gasteiger partial charge on any atom is -0.443 e. The maximum atomic E-state index is 12.7. The van der Waals surface area contributed by atoms with Crippen LogP contribution in [0.3, 0.4) is 0 Å². The summed E-state index contributed by atoms with van der Waals surface area (Å²) >= 11 is 5.98. The van der Waals surface area contributed by atoms with Crippen LogP contribution in [0.2, 0.25) is 5.15 Å². The van der Waals surface area contributed by atoms with Crippen LogP contribution in [0.5, 0.6) is 0 Å². The van der Waals surface area contributed by atoms with E-state index in [9.17, 15) is 4.79 Å². The van der Waals surface area contributed by atoms with Crippen LogP contribution in [0.1, 0.15) is 20.8 Å². The van der Waals surface area contributed by atoms with E-state index in [0.717, 1.165) is 5.39 Å². The summed E-state index contributed by atoms with van der Waals surface area (Å²) in [5.41, 5.74) is 1.09. The van der Waals surface area contributed by atoms with E-state index in [2.05, 4.69) is 9.97 Å². The maximum absolute atomic E-state index is 12.7. The monoisotopic (exact) mass is 329 g/mol. The SMILES string of the molecule is CC(C)(C)OC(=O)n1c(-c2cccc(Cl)n2)cc2cccnc21. The van der Waals surface area contributed by atoms with Crippen LogP contribution in [0.25, 0.3) is 22.4 Å². The van der Waals surface area contributed by atoms with E-state index in [4.69, 9.17) is 16.3 Å². The minimum atomic E-state index is -0.610. The molecule has 3 aromatic heterocycles. The molecule has 0 bridgehead atoms. The molecule has 118 valence electrons. The summed E-state index contributed by atoms with van der Waals surface area (Å²) in [5.74, 6) is 0. The third-order valence-electron chi connectivity index (χ3n) is 3.12. The van der Waals surface area contributed by atoms with Crippen LogP contribution in [0, 0.1) is 0 Å². The number of ether oxygens (including phenoxy) is 1. The van der Waals surface area contributed by atoms with Crippen LogP contribution in [-0.2, 0) is 4.74 Å². The van der Waals surface area contributed by atoms with Crippen molar-refractivity contribution < 1.29 is 9.53 Å². The Kier molecular flexibility index (Phi) is 3.82. The zero-order chi connectivity index (χ0) is 16.6. The van der Waals surface area contributed by atoms with Gasteiger partial charge in [-0.15, -0.1) is 0 Å². The molecule has 0 saturated heterocycles. The average molecular weight is 330 g/mol. The van der Waals surface area contributed by atoms with Crippen molar-refractivity contribution in [3.05, 3.63) is 47.7 Å². The first-order chi connectivity index (χ1) is 10.8. The molecule has 0 atom stereocenters. The Morgan fingerprint density at radius 1 is 1.22 bits per heavy atom. The molecule has 23 heavy (non-hydrogen) atoms. The van der Waals surface area contributed by atoms with E-state index in [1.54, 1.807) is 24.4 Å². The molecule has 0 saturated carbocycles. The molecule has 0 N–H and O–H groups in total. The van der Waals surface area contributed by atoms with Gasteiger partial charge in [0.2, 0.25) is 0 Å². The van der Waals surface area contributed by atoms with E-state index in [1.807, 2.05) is 39.0 Å². The van der Waals surface area contributed by atoms with Gasteiger partial charge in [0.25, 0.3) is 0 Å². The topological polar surface area (TPSA) is 57.0 Å². The number of aromatic nitrogens is 3. The normalized spacial score (nSPS) is 11.7. The van der Waals surface area contributed by atoms with Gasteiger partial charge in [-0.25, -0.2) is 19.3 Å². The van der Waals surface area contributed by atoms with Crippen LogP contribution >= 0.6 is 11.6 Å². The van der Waals surface area contributed by atoms with Gasteiger partial charge in [0.15, 0.2) is 0 Å². The van der Waals surface area contributed by atoms with Crippen molar-refractivity contribution in [3.63, 3.8) is 0 Å². The smallest absolute Gasteiger partial charge is 0.420 e. The lowest BCUT2D eigenvalue weighted by Gasteiger charge is -2.20. The number of halogens is 1. The highest BCUT2D eigenvalue weighted by Crippen LogP contribution is 2.27. The Morgan fingerprint density at radius 3 is 2.70 bits per heavy atom. The summed E-state index contributed by atoms with van der Waals surface area (Å²) in [6, 6.07) is 10.8. The van der Waals surface area contributed by atoms with Gasteiger partial charge in [0.05, 0.1) is 11.4 Å². The Labute approximate surface area is 138 Å². The number of pyridine rings is 2. The molecule has 0 aromatic carbocycles. The van der Waals surface area contributed by atoms with Crippen LogP contribution in [0.15, 0.2) is 42.6 Å². The van der Waals surface area contributed by atoms with E-state index >= 15 is 0 Å². The maximum Gasteiger partial charge on any atom is 0.420 e. The predicted molar refractivity (Wildman–Crippen MR) is 89.6 cm³/mol. The molecule has 6 heteroatoms. The van der Waals surface area contributed by atoms with Gasteiger partial charge in [-0.3, -0.25) is 0 Å². The van der Waals surface area contributed by atoms with Gasteiger partial charge in [0.1, 0.15) is 16.4 Å². The Hall–Kier alpha value is -2.40. The molecular formula is C17H16ClN3O2. The number of hydrogen-bond donors (Lipinski definition) is 0. The summed E-state index contributed by atoms with van der Waals surface area (Å²) < 4.78 is 6.94. The van der Waals surface area contributed by atoms with Gasteiger partial charge in [-0.1, -0.05) is 17.7 Å². The molecule has 0 amide bonds. The van der Waals surface area contributed by atoms with Crippen molar-refractivity contribution in [2.75, 3.05) is 0 Å². The minimum absolute atomic E-state index is 0.358. The molecule has 3 heterocycles. The van der Waals surface area contributed by atoms with Gasteiger partial charge in [-0.2, -0.15) is 0 Å². The van der Waals surface area contributed by atoms with Gasteiger partial charge in [0, 0.05) is 11.6 Å². The Balaban J connectivity index is 2.21. The highest BCUT2D eigenvalue weighted by atomic mass is 35.5. The van der Waals surface area contributed by atoms with E-state index in [0.29, 0.717) is 22.2 Å². The van der Waals surface area contributed by atoms with Gasteiger partial charge >= 0.3 is 6.09 Å². The molecular weight excluding hydrogens is 314 g/mol. The fraction of sp³-hybridized carbons (Fsp3) is 0.235. The number of carbonyl (C=O) groups is 1. The number of rotatable bonds is 1. The molecule has 0 aliphatic heterocycles. The second-order valence-corrected chi connectivity index (χ2v) is 6.49. The first-order valence-electron chi connectivity index (χ1n) is 7.18. The van der Waals surface area contributed by atoms with Crippen LogP contribution in [0.4, 0.5) is 4.79 Å². The lowest BCUT2D eigenvalue weighted by atomic mass is 10.2. The molecule has 0 aliphatic rings. The standard InChI is InChI=1S/C17H16ClN3O2/c1-17(2,3)23-16(22)21-13(12-7-4-8-14(18)20-12)10-11-6-5-9-19-15(11)21/h4-10H,1-3H3. The molecule has 0 aliphatic carbocycles. The summed E-state index contributed by atoms with van der Waals surface area (Å²) in [6.45, 7) is 5.46. The molecule has 0 radical (unpaired) electrons. The molecule has 3 aromatic rings. The van der Waals surface area contributed by atoms with E-state index in [-0.39, 0.29) is 0 Å². The summed E-state index contributed by atoms with van der Waals surface area (Å²) in [6.07, 6.45) is 1.14. The van der Waals surface area contributed by atoms with Crippen LogP contribution in [-0.4, -0.2) is 26.2 Å². The second-order valence-electron chi connectivity index (χ2n) is 6.11. The van der Waals surface area contributed by atoms with Gasteiger partial charge < -0.3 is 4.74 Å². The molecule has 3 rings (SSSR count). The quantitative estimate of drug-likeness (QED) is 0.615. The highest BCUT2D eigenvalue weighted by molar-refractivity contribution is 6.29. The Morgan fingerprint density at radius 2 is 2.00 bits per heavy atom. The number of fused-ring (bicyclic) bond motifs is 1. The second kappa shape index (κ2) is 5.66. The van der Waals surface area contributed by atoms with Crippen LogP contribution < -0.4 is 0 Å². The molecule has 0 unspecified atom stereocenters. The average Bonchev–Trinajstić information content (AvgIpc) is 2.85. The molecule has 0 spiro atoms. The zero-order valence-corrected chi connectivity index (χ0v) is 13.8. The summed E-state index contributed by atoms with van der Waals surface area (Å²) in [7, 11) is 0. The van der Waals surface area contributed by atoms with E-state index in [1.165, 1.54) is 4.57 Å². The lowest BCUT2D eigenvalue weighted by molar-refractivity contribution is 0.0546. The fourth-order valence-corrected chi connectivity index (χ4v) is 2.43. The molecule has 5 nitrogen and oxygen atoms in total. The zero-order valence-electron chi connectivity index (χ0n) is 13.1. The molecule has 0 fully saturated rings.